The van der Waals surface area contributed by atoms with Crippen LogP contribution in [0.4, 0.5) is 0 Å². The summed E-state index contributed by atoms with van der Waals surface area (Å²) in [5.41, 5.74) is 2.04. The van der Waals surface area contributed by atoms with Crippen molar-refractivity contribution < 1.29 is 14.0 Å². The molecule has 2 aliphatic heterocycles. The van der Waals surface area contributed by atoms with E-state index in [1.807, 2.05) is 36.4 Å². The summed E-state index contributed by atoms with van der Waals surface area (Å²) in [6.45, 7) is 0. The molecule has 0 saturated carbocycles. The van der Waals surface area contributed by atoms with Crippen LogP contribution in [-0.2, 0) is 4.57 Å². The third-order valence-electron chi connectivity index (χ3n) is 9.23. The van der Waals surface area contributed by atoms with E-state index >= 15 is 4.57 Å². The second-order valence-electron chi connectivity index (χ2n) is 11.6. The zero-order valence-electron chi connectivity index (χ0n) is 23.5. The molecule has 8 aromatic rings. The van der Waals surface area contributed by atoms with Crippen LogP contribution in [0.15, 0.2) is 140 Å². The highest BCUT2D eigenvalue weighted by atomic mass is 31.2. The van der Waals surface area contributed by atoms with Gasteiger partial charge in [0.1, 0.15) is 28.3 Å². The van der Waals surface area contributed by atoms with Crippen molar-refractivity contribution in [3.05, 3.63) is 140 Å². The number of hydrogen-bond donors (Lipinski definition) is 0. The molecule has 10 rings (SSSR count). The molecule has 8 aromatic carbocycles. The van der Waals surface area contributed by atoms with Crippen molar-refractivity contribution in [3.63, 3.8) is 0 Å². The molecule has 206 valence electrons. The summed E-state index contributed by atoms with van der Waals surface area (Å²) in [6.07, 6.45) is 0. The number of rotatable bonds is 1. The zero-order valence-corrected chi connectivity index (χ0v) is 24.3. The van der Waals surface area contributed by atoms with Crippen LogP contribution in [0.2, 0.25) is 0 Å². The molecule has 0 bridgehead atoms. The third-order valence-corrected chi connectivity index (χ3v) is 12.5. The fraction of sp³-hybridized carbons (Fsp3) is 0. The summed E-state index contributed by atoms with van der Waals surface area (Å²) in [6, 6.07) is 47.6. The lowest BCUT2D eigenvalue weighted by Crippen LogP contribution is -2.35. The molecule has 2 aliphatic rings. The van der Waals surface area contributed by atoms with E-state index in [2.05, 4.69) is 103 Å². The van der Waals surface area contributed by atoms with E-state index in [4.69, 9.17) is 9.47 Å². The molecule has 0 N–H and O–H groups in total. The Morgan fingerprint density at radius 3 is 1.45 bits per heavy atom. The van der Waals surface area contributed by atoms with Crippen molar-refractivity contribution in [3.8, 4) is 34.1 Å². The Labute approximate surface area is 253 Å². The van der Waals surface area contributed by atoms with E-state index in [1.54, 1.807) is 0 Å². The maximum absolute atomic E-state index is 16.2. The maximum Gasteiger partial charge on any atom is 0.186 e. The summed E-state index contributed by atoms with van der Waals surface area (Å²) in [5, 5.41) is 10.8. The van der Waals surface area contributed by atoms with Gasteiger partial charge in [0.2, 0.25) is 0 Å². The zero-order chi connectivity index (χ0) is 29.0. The fourth-order valence-corrected chi connectivity index (χ4v) is 10.8. The van der Waals surface area contributed by atoms with Crippen molar-refractivity contribution in [2.45, 2.75) is 0 Å². The van der Waals surface area contributed by atoms with Gasteiger partial charge in [-0.05, 0) is 84.5 Å². The predicted molar refractivity (Wildman–Crippen MR) is 181 cm³/mol. The van der Waals surface area contributed by atoms with Gasteiger partial charge in [-0.2, -0.15) is 0 Å². The smallest absolute Gasteiger partial charge is 0.186 e. The summed E-state index contributed by atoms with van der Waals surface area (Å²) in [5.74, 6) is 2.43. The van der Waals surface area contributed by atoms with E-state index in [9.17, 15) is 0 Å². The van der Waals surface area contributed by atoms with Gasteiger partial charge in [0.05, 0.1) is 10.6 Å². The second-order valence-corrected chi connectivity index (χ2v) is 14.2. The van der Waals surface area contributed by atoms with Gasteiger partial charge in [-0.3, -0.25) is 0 Å². The predicted octanol–water partition coefficient (Wildman–Crippen LogP) is 9.82. The van der Waals surface area contributed by atoms with Gasteiger partial charge >= 0.3 is 0 Å². The van der Waals surface area contributed by atoms with Crippen LogP contribution in [-0.4, -0.2) is 0 Å². The summed E-state index contributed by atoms with van der Waals surface area (Å²) >= 11 is 0. The first-order valence-electron chi connectivity index (χ1n) is 14.8. The summed E-state index contributed by atoms with van der Waals surface area (Å²) in [7, 11) is -3.45. The second kappa shape index (κ2) is 8.60. The standard InChI is InChI=1S/C40H23O3P/c41-44-38-29-13-5-1-9-24(29)17-19-34(38)42-36-22-27(33-21-26-11-3-4-12-28(26)31-15-7-8-16-32(31)33)23-37(40(36)44)43-35-20-18-25-10-2-6-14-30(25)39(35)44/h1-23H. The summed E-state index contributed by atoms with van der Waals surface area (Å²) < 4.78 is 29.7. The SMILES string of the molecule is O=P12c3c(cc(-c4cc5ccccc5c5ccccc45)cc3Oc3ccc4ccccc4c31)Oc1ccc3ccccc3c12. The minimum Gasteiger partial charge on any atom is -0.456 e. The monoisotopic (exact) mass is 582 g/mol. The van der Waals surface area contributed by atoms with Gasteiger partial charge in [-0.15, -0.1) is 0 Å². The molecule has 4 heteroatoms. The van der Waals surface area contributed by atoms with Crippen LogP contribution in [0.1, 0.15) is 0 Å². The Balaban J connectivity index is 1.33. The fourth-order valence-electron chi connectivity index (χ4n) is 7.35. The largest absolute Gasteiger partial charge is 0.456 e. The Morgan fingerprint density at radius 2 is 0.864 bits per heavy atom. The van der Waals surface area contributed by atoms with Gasteiger partial charge in [0.15, 0.2) is 7.14 Å². The molecular weight excluding hydrogens is 559 g/mol. The molecule has 2 heterocycles. The average Bonchev–Trinajstić information content (AvgIpc) is 3.07. The van der Waals surface area contributed by atoms with E-state index in [0.29, 0.717) is 28.3 Å². The molecule has 0 aliphatic carbocycles. The number of hydrogen-bond acceptors (Lipinski definition) is 3. The quantitative estimate of drug-likeness (QED) is 0.143. The van der Waals surface area contributed by atoms with E-state index in [0.717, 1.165) is 54.1 Å². The van der Waals surface area contributed by atoms with Crippen molar-refractivity contribution >= 4 is 66.1 Å². The van der Waals surface area contributed by atoms with Crippen LogP contribution in [0.25, 0.3) is 54.2 Å². The third kappa shape index (κ3) is 3.09. The molecule has 0 saturated heterocycles. The molecule has 0 unspecified atom stereocenters. The highest BCUT2D eigenvalue weighted by Gasteiger charge is 2.48. The molecule has 3 nitrogen and oxygen atoms in total. The van der Waals surface area contributed by atoms with Crippen LogP contribution in [0.5, 0.6) is 23.0 Å². The van der Waals surface area contributed by atoms with E-state index in [1.165, 1.54) is 10.8 Å². The lowest BCUT2D eigenvalue weighted by molar-refractivity contribution is 0.463. The lowest BCUT2D eigenvalue weighted by Gasteiger charge is -2.36. The molecule has 0 atom stereocenters. The topological polar surface area (TPSA) is 35.5 Å². The normalized spacial score (nSPS) is 14.1. The Bertz CT molecular complexity index is 2490. The van der Waals surface area contributed by atoms with Gasteiger partial charge in [-0.1, -0.05) is 109 Å². The van der Waals surface area contributed by atoms with Gasteiger partial charge < -0.3 is 14.0 Å². The van der Waals surface area contributed by atoms with Crippen LogP contribution < -0.4 is 25.4 Å². The molecule has 0 fully saturated rings. The Kier molecular flexibility index (Phi) is 4.71. The first kappa shape index (κ1) is 24.1. The maximum atomic E-state index is 16.2. The van der Waals surface area contributed by atoms with Crippen molar-refractivity contribution in [1.29, 1.82) is 0 Å². The number of ether oxygens (including phenoxy) is 2. The number of benzene rings is 8. The molecule has 44 heavy (non-hydrogen) atoms. The first-order chi connectivity index (χ1) is 21.7. The van der Waals surface area contributed by atoms with Crippen LogP contribution >= 0.6 is 7.14 Å². The lowest BCUT2D eigenvalue weighted by atomic mass is 9.93. The highest BCUT2D eigenvalue weighted by Crippen LogP contribution is 2.61. The van der Waals surface area contributed by atoms with E-state index < -0.39 is 7.14 Å². The van der Waals surface area contributed by atoms with Gasteiger partial charge in [0.25, 0.3) is 0 Å². The van der Waals surface area contributed by atoms with Gasteiger partial charge in [0, 0.05) is 0 Å². The Hall–Kier alpha value is -5.37. The molecule has 0 aromatic heterocycles. The van der Waals surface area contributed by atoms with Gasteiger partial charge in [-0.25, -0.2) is 0 Å². The minimum absolute atomic E-state index is 0.583. The molecular formula is C40H23O3P. The van der Waals surface area contributed by atoms with Crippen molar-refractivity contribution in [1.82, 2.24) is 0 Å². The van der Waals surface area contributed by atoms with E-state index in [-0.39, 0.29) is 0 Å². The Morgan fingerprint density at radius 1 is 0.386 bits per heavy atom. The van der Waals surface area contributed by atoms with Crippen molar-refractivity contribution in [2.75, 3.05) is 0 Å². The molecule has 0 spiro atoms. The number of fused-ring (bicyclic) bond motifs is 11. The molecule has 0 amide bonds. The molecule has 0 radical (unpaired) electrons. The average molecular weight is 583 g/mol. The summed E-state index contributed by atoms with van der Waals surface area (Å²) in [4.78, 5) is 0. The van der Waals surface area contributed by atoms with Crippen LogP contribution in [0, 0.1) is 0 Å². The minimum atomic E-state index is -3.45. The first-order valence-corrected chi connectivity index (χ1v) is 16.5. The van der Waals surface area contributed by atoms with Crippen LogP contribution in [0.3, 0.4) is 0 Å². The van der Waals surface area contributed by atoms with Crippen molar-refractivity contribution in [2.24, 2.45) is 0 Å². The highest BCUT2D eigenvalue weighted by molar-refractivity contribution is 7.87.